The molecule has 1 unspecified atom stereocenters. The van der Waals surface area contributed by atoms with Crippen molar-refractivity contribution in [3.8, 4) is 0 Å². The van der Waals surface area contributed by atoms with Gasteiger partial charge in [-0.2, -0.15) is 0 Å². The summed E-state index contributed by atoms with van der Waals surface area (Å²) in [6, 6.07) is 0.790. The van der Waals surface area contributed by atoms with E-state index >= 15 is 0 Å². The van der Waals surface area contributed by atoms with Crippen LogP contribution in [0.2, 0.25) is 0 Å². The lowest BCUT2D eigenvalue weighted by Crippen LogP contribution is -2.29. The summed E-state index contributed by atoms with van der Waals surface area (Å²) < 4.78 is 24.3. The minimum absolute atomic E-state index is 0.0415. The number of aromatic nitrogens is 1. The van der Waals surface area contributed by atoms with Gasteiger partial charge in [0.25, 0.3) is 5.56 Å². The first kappa shape index (κ1) is 13.8. The Morgan fingerprint density at radius 1 is 1.42 bits per heavy atom. The summed E-state index contributed by atoms with van der Waals surface area (Å²) in [7, 11) is -3.13. The number of carboxylic acids is 1. The van der Waals surface area contributed by atoms with E-state index in [0.29, 0.717) is 17.7 Å². The van der Waals surface area contributed by atoms with E-state index in [4.69, 9.17) is 0 Å². The van der Waals surface area contributed by atoms with Gasteiger partial charge in [0.1, 0.15) is 0 Å². The molecule has 0 amide bonds. The molecule has 0 aromatic carbocycles. The van der Waals surface area contributed by atoms with Crippen molar-refractivity contribution >= 4 is 15.8 Å². The lowest BCUT2D eigenvalue weighted by molar-refractivity contribution is 0.0694. The maximum Gasteiger partial charge on any atom is 0.337 e. The summed E-state index contributed by atoms with van der Waals surface area (Å²) in [5.74, 6) is -1.17. The van der Waals surface area contributed by atoms with Gasteiger partial charge in [0.15, 0.2) is 9.84 Å². The molecule has 1 aromatic heterocycles. The fourth-order valence-electron chi connectivity index (χ4n) is 2.65. The van der Waals surface area contributed by atoms with E-state index in [9.17, 15) is 23.1 Å². The van der Waals surface area contributed by atoms with E-state index in [-0.39, 0.29) is 22.6 Å². The zero-order valence-corrected chi connectivity index (χ0v) is 11.5. The lowest BCUT2D eigenvalue weighted by Gasteiger charge is -2.18. The Balaban J connectivity index is 2.62. The Labute approximate surface area is 110 Å². The van der Waals surface area contributed by atoms with Crippen LogP contribution < -0.4 is 5.56 Å². The van der Waals surface area contributed by atoms with Crippen molar-refractivity contribution in [1.29, 1.82) is 0 Å². The molecule has 0 radical (unpaired) electrons. The van der Waals surface area contributed by atoms with Crippen LogP contribution in [0.15, 0.2) is 10.9 Å². The molecular weight excluding hydrogens is 270 g/mol. The zero-order valence-electron chi connectivity index (χ0n) is 10.7. The summed E-state index contributed by atoms with van der Waals surface area (Å²) in [6.45, 7) is 3.11. The zero-order chi connectivity index (χ0) is 14.4. The van der Waals surface area contributed by atoms with E-state index in [1.54, 1.807) is 13.8 Å². The number of carboxylic acid groups (broad SMARTS) is 1. The number of hydrogen-bond acceptors (Lipinski definition) is 4. The highest BCUT2D eigenvalue weighted by Crippen LogP contribution is 2.25. The molecule has 1 aromatic rings. The van der Waals surface area contributed by atoms with Gasteiger partial charge >= 0.3 is 5.97 Å². The van der Waals surface area contributed by atoms with Crippen molar-refractivity contribution in [2.24, 2.45) is 0 Å². The van der Waals surface area contributed by atoms with Crippen molar-refractivity contribution in [1.82, 2.24) is 4.57 Å². The molecule has 1 N–H and O–H groups in total. The van der Waals surface area contributed by atoms with Gasteiger partial charge in [0, 0.05) is 11.8 Å². The Morgan fingerprint density at radius 2 is 2.05 bits per heavy atom. The molecule has 7 heteroatoms. The maximum atomic E-state index is 12.0. The molecule has 1 atom stereocenters. The number of nitrogens with zero attached hydrogens (tertiary/aromatic N) is 1. The number of rotatable bonds is 2. The first-order valence-corrected chi connectivity index (χ1v) is 7.71. The minimum Gasteiger partial charge on any atom is -0.478 e. The monoisotopic (exact) mass is 285 g/mol. The summed E-state index contributed by atoms with van der Waals surface area (Å²) in [5.41, 5.74) is 0.442. The first-order valence-electron chi connectivity index (χ1n) is 5.89. The third-order valence-corrected chi connectivity index (χ3v) is 5.23. The summed E-state index contributed by atoms with van der Waals surface area (Å²) in [5, 5.41) is 9.17. The van der Waals surface area contributed by atoms with Gasteiger partial charge in [0.05, 0.1) is 23.1 Å². The fraction of sp³-hybridized carbons (Fsp3) is 0.500. The smallest absolute Gasteiger partial charge is 0.337 e. The van der Waals surface area contributed by atoms with E-state index in [1.807, 2.05) is 0 Å². The van der Waals surface area contributed by atoms with Crippen molar-refractivity contribution in [3.63, 3.8) is 0 Å². The van der Waals surface area contributed by atoms with Crippen molar-refractivity contribution < 1.29 is 18.3 Å². The summed E-state index contributed by atoms with van der Waals surface area (Å²) in [4.78, 5) is 23.2. The fourth-order valence-corrected chi connectivity index (χ4v) is 4.35. The average Bonchev–Trinajstić information content (AvgIpc) is 2.57. The van der Waals surface area contributed by atoms with Gasteiger partial charge in [-0.1, -0.05) is 0 Å². The Kier molecular flexibility index (Phi) is 3.25. The molecule has 1 saturated heterocycles. The molecule has 1 aliphatic heterocycles. The van der Waals surface area contributed by atoms with E-state index in [1.165, 1.54) is 10.6 Å². The van der Waals surface area contributed by atoms with Crippen molar-refractivity contribution in [2.45, 2.75) is 26.3 Å². The molecule has 2 heterocycles. The third kappa shape index (κ3) is 2.42. The first-order chi connectivity index (χ1) is 8.73. The molecule has 0 aliphatic carbocycles. The van der Waals surface area contributed by atoms with Crippen molar-refractivity contribution in [3.05, 3.63) is 33.2 Å². The second-order valence-electron chi connectivity index (χ2n) is 4.86. The largest absolute Gasteiger partial charge is 0.478 e. The average molecular weight is 285 g/mol. The van der Waals surface area contributed by atoms with Crippen LogP contribution in [0.4, 0.5) is 0 Å². The molecule has 19 heavy (non-hydrogen) atoms. The van der Waals surface area contributed by atoms with Gasteiger partial charge in [0.2, 0.25) is 0 Å². The van der Waals surface area contributed by atoms with Gasteiger partial charge in [-0.05, 0) is 25.8 Å². The Morgan fingerprint density at radius 3 is 2.53 bits per heavy atom. The quantitative estimate of drug-likeness (QED) is 0.855. The van der Waals surface area contributed by atoms with Crippen LogP contribution in [0.3, 0.4) is 0 Å². The standard InChI is InChI=1S/C12H15NO5S/c1-7-5-10(14)13(8(2)11(7)12(15)16)9-3-4-19(17,18)6-9/h5,9H,3-4,6H2,1-2H3,(H,15,16). The molecule has 0 bridgehead atoms. The van der Waals surface area contributed by atoms with E-state index in [0.717, 1.165) is 0 Å². The van der Waals surface area contributed by atoms with Gasteiger partial charge in [-0.15, -0.1) is 0 Å². The minimum atomic E-state index is -3.13. The van der Waals surface area contributed by atoms with E-state index in [2.05, 4.69) is 0 Å². The number of pyridine rings is 1. The number of carbonyl (C=O) groups is 1. The molecule has 2 rings (SSSR count). The highest BCUT2D eigenvalue weighted by molar-refractivity contribution is 7.91. The van der Waals surface area contributed by atoms with Gasteiger partial charge in [-0.25, -0.2) is 13.2 Å². The normalized spacial score (nSPS) is 21.5. The molecule has 104 valence electrons. The van der Waals surface area contributed by atoms with Gasteiger partial charge < -0.3 is 9.67 Å². The van der Waals surface area contributed by atoms with Crippen LogP contribution in [0.5, 0.6) is 0 Å². The second kappa shape index (κ2) is 4.48. The molecule has 0 spiro atoms. The second-order valence-corrected chi connectivity index (χ2v) is 7.09. The molecule has 0 saturated carbocycles. The lowest BCUT2D eigenvalue weighted by atomic mass is 10.1. The highest BCUT2D eigenvalue weighted by atomic mass is 32.2. The third-order valence-electron chi connectivity index (χ3n) is 3.48. The topological polar surface area (TPSA) is 93.4 Å². The molecule has 6 nitrogen and oxygen atoms in total. The highest BCUT2D eigenvalue weighted by Gasteiger charge is 2.31. The summed E-state index contributed by atoms with van der Waals surface area (Å²) >= 11 is 0. The Bertz CT molecular complexity index is 702. The van der Waals surface area contributed by atoms with Crippen LogP contribution in [-0.2, 0) is 9.84 Å². The van der Waals surface area contributed by atoms with Crippen molar-refractivity contribution in [2.75, 3.05) is 11.5 Å². The maximum absolute atomic E-state index is 12.0. The summed E-state index contributed by atoms with van der Waals surface area (Å²) in [6.07, 6.45) is 0.352. The van der Waals surface area contributed by atoms with Gasteiger partial charge in [-0.3, -0.25) is 4.79 Å². The van der Waals surface area contributed by atoms with Crippen LogP contribution in [0.25, 0.3) is 0 Å². The van der Waals surface area contributed by atoms with Crippen LogP contribution in [0.1, 0.15) is 34.1 Å². The number of aromatic carboxylic acids is 1. The predicted molar refractivity (Wildman–Crippen MR) is 69.4 cm³/mol. The molecule has 1 aliphatic rings. The number of sulfone groups is 1. The molecular formula is C12H15NO5S. The predicted octanol–water partition coefficient (Wildman–Crippen LogP) is 0.523. The number of aryl methyl sites for hydroxylation is 1. The van der Waals surface area contributed by atoms with Crippen LogP contribution >= 0.6 is 0 Å². The molecule has 1 fully saturated rings. The van der Waals surface area contributed by atoms with Crippen LogP contribution in [0, 0.1) is 13.8 Å². The Hall–Kier alpha value is -1.63. The number of hydrogen-bond donors (Lipinski definition) is 1. The van der Waals surface area contributed by atoms with Crippen LogP contribution in [-0.4, -0.2) is 35.6 Å². The SMILES string of the molecule is Cc1cc(=O)n(C2CCS(=O)(=O)C2)c(C)c1C(=O)O. The van der Waals surface area contributed by atoms with E-state index < -0.39 is 21.8 Å².